The molecule has 0 spiro atoms. The van der Waals surface area contributed by atoms with Gasteiger partial charge in [0.1, 0.15) is 11.5 Å². The summed E-state index contributed by atoms with van der Waals surface area (Å²) in [7, 11) is 0. The third-order valence-electron chi connectivity index (χ3n) is 2.31. The smallest absolute Gasteiger partial charge is 0.349 e. The molecule has 0 atom stereocenters. The van der Waals surface area contributed by atoms with E-state index in [0.29, 0.717) is 0 Å². The van der Waals surface area contributed by atoms with E-state index in [1.54, 1.807) is 6.92 Å². The Labute approximate surface area is 120 Å². The zero-order valence-electron chi connectivity index (χ0n) is 11.2. The molecule has 1 rings (SSSR count). The van der Waals surface area contributed by atoms with Gasteiger partial charge in [-0.05, 0) is 18.6 Å². The molecular weight excluding hydrogens is 280 g/mol. The largest absolute Gasteiger partial charge is 0.508 e. The van der Waals surface area contributed by atoms with E-state index in [9.17, 15) is 19.5 Å². The summed E-state index contributed by atoms with van der Waals surface area (Å²) in [4.78, 5) is 33.4. The van der Waals surface area contributed by atoms with Gasteiger partial charge in [0.05, 0.1) is 0 Å². The van der Waals surface area contributed by atoms with Crippen molar-refractivity contribution in [1.82, 2.24) is 0 Å². The Bertz CT molecular complexity index is 574. The molecule has 0 bridgehead atoms. The van der Waals surface area contributed by atoms with Crippen molar-refractivity contribution < 1.29 is 34.1 Å². The number of carboxylic acids is 1. The second kappa shape index (κ2) is 7.68. The lowest BCUT2D eigenvalue weighted by atomic mass is 10.2. The topological polar surface area (TPSA) is 110 Å². The molecule has 0 aliphatic heterocycles. The number of phenols is 1. The number of rotatable bonds is 6. The summed E-state index contributed by atoms with van der Waals surface area (Å²) in [6, 6.07) is 5.55. The normalized spacial score (nSPS) is 10.8. The molecule has 0 aliphatic rings. The van der Waals surface area contributed by atoms with Gasteiger partial charge >= 0.3 is 17.9 Å². The number of carbonyl (C=O) groups is 3. The van der Waals surface area contributed by atoms with Crippen molar-refractivity contribution in [2.45, 2.75) is 13.3 Å². The molecular formula is C14H14O7. The van der Waals surface area contributed by atoms with Crippen molar-refractivity contribution in [1.29, 1.82) is 0 Å². The van der Waals surface area contributed by atoms with Crippen LogP contribution in [0, 0.1) is 0 Å². The molecule has 0 heterocycles. The zero-order chi connectivity index (χ0) is 15.8. The van der Waals surface area contributed by atoms with E-state index in [4.69, 9.17) is 9.84 Å². The van der Waals surface area contributed by atoms with Crippen molar-refractivity contribution in [2.75, 3.05) is 6.61 Å². The maximum atomic E-state index is 11.5. The van der Waals surface area contributed by atoms with E-state index in [1.807, 2.05) is 0 Å². The van der Waals surface area contributed by atoms with E-state index < -0.39 is 24.5 Å². The number of phenolic OH excluding ortho intramolecular Hbond substituents is 1. The minimum atomic E-state index is -1.27. The van der Waals surface area contributed by atoms with Crippen molar-refractivity contribution >= 4 is 17.9 Å². The van der Waals surface area contributed by atoms with Crippen LogP contribution in [0.25, 0.3) is 0 Å². The fourth-order valence-electron chi connectivity index (χ4n) is 1.38. The lowest BCUT2D eigenvalue weighted by Crippen LogP contribution is -2.20. The predicted octanol–water partition coefficient (Wildman–Crippen LogP) is 1.26. The van der Waals surface area contributed by atoms with Crippen LogP contribution in [0.5, 0.6) is 11.5 Å². The van der Waals surface area contributed by atoms with Crippen LogP contribution in [-0.4, -0.2) is 34.7 Å². The van der Waals surface area contributed by atoms with Gasteiger partial charge in [0, 0.05) is 17.7 Å². The summed E-state index contributed by atoms with van der Waals surface area (Å²) < 4.78 is 9.48. The highest BCUT2D eigenvalue weighted by Crippen LogP contribution is 2.17. The molecule has 0 aromatic heterocycles. The monoisotopic (exact) mass is 294 g/mol. The Morgan fingerprint density at radius 2 is 2.00 bits per heavy atom. The van der Waals surface area contributed by atoms with Gasteiger partial charge in [0.25, 0.3) is 0 Å². The first-order valence-corrected chi connectivity index (χ1v) is 6.02. The second-order valence-corrected chi connectivity index (χ2v) is 3.91. The third kappa shape index (κ3) is 5.77. The molecule has 0 saturated heterocycles. The Morgan fingerprint density at radius 3 is 2.57 bits per heavy atom. The summed E-state index contributed by atoms with van der Waals surface area (Å²) >= 11 is 0. The highest BCUT2D eigenvalue weighted by molar-refractivity contribution is 5.96. The molecule has 0 radical (unpaired) electrons. The third-order valence-corrected chi connectivity index (χ3v) is 2.31. The number of hydrogen-bond donors (Lipinski definition) is 2. The maximum absolute atomic E-state index is 11.5. The van der Waals surface area contributed by atoms with Crippen LogP contribution in [0.2, 0.25) is 0 Å². The standard InChI is InChI=1S/C14H14O7/c1-2-9(6-12(16)17)14(19)20-8-13(18)21-11-5-3-4-10(15)7-11/h3-7,15H,2,8H2,1H3,(H,16,17)/b9-6-. The number of carbonyl (C=O) groups excluding carboxylic acids is 2. The fraction of sp³-hybridized carbons (Fsp3) is 0.214. The van der Waals surface area contributed by atoms with Crippen molar-refractivity contribution in [3.8, 4) is 11.5 Å². The van der Waals surface area contributed by atoms with Crippen LogP contribution in [0.3, 0.4) is 0 Å². The highest BCUT2D eigenvalue weighted by Gasteiger charge is 2.14. The molecule has 1 aromatic rings. The Hall–Kier alpha value is -2.83. The van der Waals surface area contributed by atoms with Gasteiger partial charge < -0.3 is 19.7 Å². The Kier molecular flexibility index (Phi) is 5.94. The number of esters is 2. The van der Waals surface area contributed by atoms with Crippen molar-refractivity contribution in [3.05, 3.63) is 35.9 Å². The predicted molar refractivity (Wildman–Crippen MR) is 70.7 cm³/mol. The van der Waals surface area contributed by atoms with Gasteiger partial charge in [0.15, 0.2) is 6.61 Å². The van der Waals surface area contributed by atoms with Crippen LogP contribution >= 0.6 is 0 Å². The summed E-state index contributed by atoms with van der Waals surface area (Å²) in [5.41, 5.74) is -0.0624. The quantitative estimate of drug-likeness (QED) is 0.461. The molecule has 2 N–H and O–H groups in total. The maximum Gasteiger partial charge on any atom is 0.349 e. The number of hydrogen-bond acceptors (Lipinski definition) is 6. The number of carboxylic acid groups (broad SMARTS) is 1. The van der Waals surface area contributed by atoms with Gasteiger partial charge in [-0.1, -0.05) is 13.0 Å². The van der Waals surface area contributed by atoms with E-state index in [1.165, 1.54) is 24.3 Å². The lowest BCUT2D eigenvalue weighted by molar-refractivity contribution is -0.151. The van der Waals surface area contributed by atoms with Crippen LogP contribution in [0.4, 0.5) is 0 Å². The SMILES string of the molecule is CC/C(=C/C(=O)O)C(=O)OCC(=O)Oc1cccc(O)c1. The zero-order valence-corrected chi connectivity index (χ0v) is 11.2. The highest BCUT2D eigenvalue weighted by atomic mass is 16.6. The first-order valence-electron chi connectivity index (χ1n) is 6.02. The first-order chi connectivity index (χ1) is 9.92. The second-order valence-electron chi connectivity index (χ2n) is 3.91. The number of benzene rings is 1. The van der Waals surface area contributed by atoms with Gasteiger partial charge in [-0.2, -0.15) is 0 Å². The molecule has 21 heavy (non-hydrogen) atoms. The average molecular weight is 294 g/mol. The van der Waals surface area contributed by atoms with Gasteiger partial charge in [-0.25, -0.2) is 14.4 Å². The van der Waals surface area contributed by atoms with E-state index >= 15 is 0 Å². The molecule has 0 saturated carbocycles. The van der Waals surface area contributed by atoms with Crippen LogP contribution in [0.15, 0.2) is 35.9 Å². The molecule has 0 unspecified atom stereocenters. The van der Waals surface area contributed by atoms with Crippen LogP contribution in [-0.2, 0) is 19.1 Å². The molecule has 1 aromatic carbocycles. The van der Waals surface area contributed by atoms with Crippen LogP contribution < -0.4 is 4.74 Å². The minimum Gasteiger partial charge on any atom is -0.508 e. The van der Waals surface area contributed by atoms with Crippen LogP contribution in [0.1, 0.15) is 13.3 Å². The number of aromatic hydroxyl groups is 1. The van der Waals surface area contributed by atoms with E-state index in [-0.39, 0.29) is 23.5 Å². The summed E-state index contributed by atoms with van der Waals surface area (Å²) in [6.07, 6.45) is 0.885. The van der Waals surface area contributed by atoms with Gasteiger partial charge in [-0.3, -0.25) is 0 Å². The minimum absolute atomic E-state index is 0.0624. The lowest BCUT2D eigenvalue weighted by Gasteiger charge is -2.07. The average Bonchev–Trinajstić information content (AvgIpc) is 2.42. The molecule has 0 aliphatic carbocycles. The Balaban J connectivity index is 2.53. The molecule has 7 heteroatoms. The molecule has 0 amide bonds. The van der Waals surface area contributed by atoms with E-state index in [2.05, 4.69) is 4.74 Å². The van der Waals surface area contributed by atoms with Crippen molar-refractivity contribution in [3.63, 3.8) is 0 Å². The fourth-order valence-corrected chi connectivity index (χ4v) is 1.38. The van der Waals surface area contributed by atoms with E-state index in [0.717, 1.165) is 6.08 Å². The summed E-state index contributed by atoms with van der Waals surface area (Å²) in [5, 5.41) is 17.8. The van der Waals surface area contributed by atoms with Gasteiger partial charge in [0.2, 0.25) is 0 Å². The number of aliphatic carboxylic acids is 1. The first kappa shape index (κ1) is 16.2. The molecule has 112 valence electrons. The summed E-state index contributed by atoms with van der Waals surface area (Å²) in [6.45, 7) is 0.923. The van der Waals surface area contributed by atoms with Gasteiger partial charge in [-0.15, -0.1) is 0 Å². The Morgan fingerprint density at radius 1 is 1.29 bits per heavy atom. The van der Waals surface area contributed by atoms with Crippen molar-refractivity contribution in [2.24, 2.45) is 0 Å². The molecule has 0 fully saturated rings. The number of ether oxygens (including phenoxy) is 2. The molecule has 7 nitrogen and oxygen atoms in total. The summed E-state index contributed by atoms with van der Waals surface area (Å²) in [5.74, 6) is -2.98.